The zero-order valence-electron chi connectivity index (χ0n) is 25.9. The van der Waals surface area contributed by atoms with Crippen molar-refractivity contribution in [2.75, 3.05) is 0 Å². The number of pyridine rings is 3. The zero-order chi connectivity index (χ0) is 32.4. The zero-order valence-corrected chi connectivity index (χ0v) is 25.9. The highest BCUT2D eigenvalue weighted by atomic mass is 14.6. The van der Waals surface area contributed by atoms with Gasteiger partial charge in [-0.3, -0.25) is 15.0 Å². The van der Waals surface area contributed by atoms with Gasteiger partial charge in [0.1, 0.15) is 0 Å². The van der Waals surface area contributed by atoms with Gasteiger partial charge >= 0.3 is 0 Å². The minimum absolute atomic E-state index is 0.834. The molecule has 0 fully saturated rings. The van der Waals surface area contributed by atoms with Crippen molar-refractivity contribution in [2.45, 2.75) is 0 Å². The maximum absolute atomic E-state index is 4.17. The summed E-state index contributed by atoms with van der Waals surface area (Å²) in [5.74, 6) is 20.5. The van der Waals surface area contributed by atoms with Crippen LogP contribution in [0.25, 0.3) is 33.4 Å². The Kier molecular flexibility index (Phi) is 8.92. The van der Waals surface area contributed by atoms with Crippen LogP contribution in [0.5, 0.6) is 0 Å². The molecule has 0 aliphatic carbocycles. The number of hydrogen-bond donors (Lipinski definition) is 0. The summed E-state index contributed by atoms with van der Waals surface area (Å²) >= 11 is 0. The lowest BCUT2D eigenvalue weighted by molar-refractivity contribution is 1.33. The minimum Gasteiger partial charge on any atom is -0.265 e. The van der Waals surface area contributed by atoms with Crippen LogP contribution in [0.3, 0.4) is 0 Å². The summed E-state index contributed by atoms with van der Waals surface area (Å²) in [6.07, 6.45) is 10.8. The third kappa shape index (κ3) is 7.11. The third-order valence-corrected chi connectivity index (χ3v) is 7.71. The molecule has 0 N–H and O–H groups in total. The normalized spacial score (nSPS) is 10.0. The molecule has 4 aromatic carbocycles. The Labute approximate surface area is 281 Å². The van der Waals surface area contributed by atoms with Gasteiger partial charge in [0.15, 0.2) is 0 Å². The minimum atomic E-state index is 0.834. The van der Waals surface area contributed by atoms with Crippen molar-refractivity contribution in [1.29, 1.82) is 0 Å². The molecule has 0 saturated heterocycles. The first-order chi connectivity index (χ1) is 23.8. The fraction of sp³-hybridized carbons (Fsp3) is 0. The van der Waals surface area contributed by atoms with E-state index in [2.05, 4.69) is 68.7 Å². The van der Waals surface area contributed by atoms with Gasteiger partial charge in [0.2, 0.25) is 0 Å². The van der Waals surface area contributed by atoms with Crippen molar-refractivity contribution in [2.24, 2.45) is 0 Å². The largest absolute Gasteiger partial charge is 0.265 e. The molecule has 0 amide bonds. The Bertz CT molecular complexity index is 2110. The highest BCUT2D eigenvalue weighted by Crippen LogP contribution is 2.25. The number of aromatic nitrogens is 3. The lowest BCUT2D eigenvalue weighted by Crippen LogP contribution is -1.88. The Morgan fingerprint density at radius 3 is 0.854 bits per heavy atom. The van der Waals surface area contributed by atoms with E-state index < -0.39 is 0 Å². The van der Waals surface area contributed by atoms with Crippen molar-refractivity contribution in [3.8, 4) is 68.9 Å². The summed E-state index contributed by atoms with van der Waals surface area (Å²) in [4.78, 5) is 12.5. The number of benzene rings is 4. The van der Waals surface area contributed by atoms with Crippen molar-refractivity contribution < 1.29 is 0 Å². The SMILES string of the molecule is C(#Cc1ccccc1-c1ccncc1)c1cc(C#Cc2ccccc2-c2ccncc2)cc(C#Cc2ccccc2-c2ccncc2)c1. The van der Waals surface area contributed by atoms with Gasteiger partial charge in [-0.2, -0.15) is 0 Å². The average Bonchev–Trinajstić information content (AvgIpc) is 3.17. The molecule has 48 heavy (non-hydrogen) atoms. The van der Waals surface area contributed by atoms with Gasteiger partial charge in [0.25, 0.3) is 0 Å². The smallest absolute Gasteiger partial charge is 0.0327 e. The molecule has 0 aliphatic heterocycles. The van der Waals surface area contributed by atoms with Crippen molar-refractivity contribution in [1.82, 2.24) is 15.0 Å². The number of hydrogen-bond acceptors (Lipinski definition) is 3. The fourth-order valence-electron chi connectivity index (χ4n) is 5.39. The van der Waals surface area contributed by atoms with Crippen LogP contribution in [-0.4, -0.2) is 15.0 Å². The molecule has 0 bridgehead atoms. The van der Waals surface area contributed by atoms with Gasteiger partial charge < -0.3 is 0 Å². The fourth-order valence-corrected chi connectivity index (χ4v) is 5.39. The molecular formula is C45H27N3. The Morgan fingerprint density at radius 1 is 0.292 bits per heavy atom. The van der Waals surface area contributed by atoms with E-state index in [-0.39, 0.29) is 0 Å². The lowest BCUT2D eigenvalue weighted by atomic mass is 9.99. The molecule has 222 valence electrons. The molecule has 3 aromatic heterocycles. The molecule has 0 atom stereocenters. The molecular weight excluding hydrogens is 583 g/mol. The van der Waals surface area contributed by atoms with Crippen LogP contribution >= 0.6 is 0 Å². The topological polar surface area (TPSA) is 38.7 Å². The van der Waals surface area contributed by atoms with Gasteiger partial charge in [-0.25, -0.2) is 0 Å². The molecule has 0 unspecified atom stereocenters. The third-order valence-electron chi connectivity index (χ3n) is 7.71. The molecule has 3 nitrogen and oxygen atoms in total. The van der Waals surface area contributed by atoms with E-state index in [0.29, 0.717) is 0 Å². The van der Waals surface area contributed by atoms with Crippen LogP contribution in [0, 0.1) is 35.5 Å². The summed E-state index contributed by atoms with van der Waals surface area (Å²) < 4.78 is 0. The van der Waals surface area contributed by atoms with E-state index >= 15 is 0 Å². The van der Waals surface area contributed by atoms with Crippen LogP contribution in [0.4, 0.5) is 0 Å². The summed E-state index contributed by atoms with van der Waals surface area (Å²) in [5, 5.41) is 0. The summed E-state index contributed by atoms with van der Waals surface area (Å²) in [6, 6.07) is 42.5. The van der Waals surface area contributed by atoms with Gasteiger partial charge in [-0.15, -0.1) is 0 Å². The molecule has 7 rings (SSSR count). The van der Waals surface area contributed by atoms with Crippen LogP contribution in [0.15, 0.2) is 165 Å². The first-order valence-electron chi connectivity index (χ1n) is 15.5. The molecule has 0 radical (unpaired) electrons. The van der Waals surface area contributed by atoms with Crippen LogP contribution in [-0.2, 0) is 0 Å². The quantitative estimate of drug-likeness (QED) is 0.188. The van der Waals surface area contributed by atoms with Gasteiger partial charge in [-0.05, 0) is 106 Å². The molecule has 0 aliphatic rings. The molecule has 0 saturated carbocycles. The summed E-state index contributed by atoms with van der Waals surface area (Å²) in [6.45, 7) is 0. The van der Waals surface area contributed by atoms with Crippen LogP contribution in [0.2, 0.25) is 0 Å². The van der Waals surface area contributed by atoms with E-state index in [1.54, 1.807) is 37.2 Å². The van der Waals surface area contributed by atoms with Crippen LogP contribution in [0.1, 0.15) is 33.4 Å². The van der Waals surface area contributed by atoms with E-state index in [0.717, 1.165) is 66.8 Å². The van der Waals surface area contributed by atoms with E-state index in [4.69, 9.17) is 0 Å². The highest BCUT2D eigenvalue weighted by Gasteiger charge is 2.05. The van der Waals surface area contributed by atoms with Crippen molar-refractivity contribution in [3.05, 3.63) is 198 Å². The predicted octanol–water partition coefficient (Wildman–Crippen LogP) is 9.07. The van der Waals surface area contributed by atoms with Crippen molar-refractivity contribution >= 4 is 0 Å². The molecule has 0 spiro atoms. The first-order valence-corrected chi connectivity index (χ1v) is 15.5. The summed E-state index contributed by atoms with van der Waals surface area (Å²) in [7, 11) is 0. The van der Waals surface area contributed by atoms with E-state index in [9.17, 15) is 0 Å². The van der Waals surface area contributed by atoms with Crippen LogP contribution < -0.4 is 0 Å². The van der Waals surface area contributed by atoms with Gasteiger partial charge in [0, 0.05) is 70.6 Å². The standard InChI is InChI=1S/C45H27N3/c1-4-10-43(40-19-25-46-26-20-40)37(7-1)16-13-34-31-35(14-17-38-8-2-5-11-44(38)41-21-27-47-28-22-41)33-36(32-34)15-18-39-9-3-6-12-45(39)42-23-29-48-30-24-42/h1-12,19-33H. The van der Waals surface area contributed by atoms with Gasteiger partial charge in [-0.1, -0.05) is 90.1 Å². The average molecular weight is 610 g/mol. The Morgan fingerprint density at radius 2 is 0.562 bits per heavy atom. The summed E-state index contributed by atoms with van der Waals surface area (Å²) in [5.41, 5.74) is 11.7. The molecule has 7 aromatic rings. The second kappa shape index (κ2) is 14.4. The van der Waals surface area contributed by atoms with Gasteiger partial charge in [0.05, 0.1) is 0 Å². The maximum atomic E-state index is 4.17. The Balaban J connectivity index is 1.31. The lowest BCUT2D eigenvalue weighted by Gasteiger charge is -2.05. The predicted molar refractivity (Wildman–Crippen MR) is 193 cm³/mol. The van der Waals surface area contributed by atoms with E-state index in [1.807, 2.05) is 109 Å². The highest BCUT2D eigenvalue weighted by molar-refractivity contribution is 5.74. The van der Waals surface area contributed by atoms with Crippen molar-refractivity contribution in [3.63, 3.8) is 0 Å². The monoisotopic (exact) mass is 609 g/mol. The Hall–Kier alpha value is -6.99. The maximum Gasteiger partial charge on any atom is 0.0327 e. The number of nitrogens with zero attached hydrogens (tertiary/aromatic N) is 3. The second-order valence-electron chi connectivity index (χ2n) is 10.9. The first kappa shape index (κ1) is 29.7. The van der Waals surface area contributed by atoms with E-state index in [1.165, 1.54) is 0 Å². The molecule has 3 heterocycles. The number of rotatable bonds is 3. The second-order valence-corrected chi connectivity index (χ2v) is 10.9. The molecule has 3 heteroatoms.